The number of carbonyl (C=O) groups excluding carboxylic acids is 1. The van der Waals surface area contributed by atoms with Crippen molar-refractivity contribution in [3.8, 4) is 0 Å². The fraction of sp³-hybridized carbons (Fsp3) is 0.571. The van der Waals surface area contributed by atoms with Gasteiger partial charge in [-0.2, -0.15) is 0 Å². The van der Waals surface area contributed by atoms with Gasteiger partial charge in [0.05, 0.1) is 10.6 Å². The average Bonchev–Trinajstić information content (AvgIpc) is 2.64. The molecule has 0 radical (unpaired) electrons. The Morgan fingerprint density at radius 2 is 2.21 bits per heavy atom. The maximum absolute atomic E-state index is 12.2. The van der Waals surface area contributed by atoms with Crippen LogP contribution < -0.4 is 5.32 Å². The number of rotatable bonds is 3. The van der Waals surface area contributed by atoms with Gasteiger partial charge in [0.15, 0.2) is 0 Å². The van der Waals surface area contributed by atoms with Crippen molar-refractivity contribution in [2.45, 2.75) is 38.1 Å². The molecular formula is C14H19ClN2O2. The molecule has 2 rings (SSSR count). The predicted octanol–water partition coefficient (Wildman–Crippen LogP) is 2.41. The number of halogens is 1. The summed E-state index contributed by atoms with van der Waals surface area (Å²) in [6, 6.07) is 1.65. The van der Waals surface area contributed by atoms with E-state index < -0.39 is 0 Å². The number of amides is 1. The van der Waals surface area contributed by atoms with Gasteiger partial charge in [0, 0.05) is 31.0 Å². The molecule has 1 heterocycles. The number of hydrogen-bond acceptors (Lipinski definition) is 3. The van der Waals surface area contributed by atoms with Crippen molar-refractivity contribution in [1.29, 1.82) is 0 Å². The number of pyridine rings is 1. The van der Waals surface area contributed by atoms with Gasteiger partial charge in [-0.15, -0.1) is 0 Å². The Bertz CT molecular complexity index is 439. The Balaban J connectivity index is 2.06. The minimum absolute atomic E-state index is 0.0317. The zero-order valence-corrected chi connectivity index (χ0v) is 11.6. The van der Waals surface area contributed by atoms with Crippen LogP contribution in [0, 0.1) is 5.92 Å². The zero-order chi connectivity index (χ0) is 13.7. The van der Waals surface area contributed by atoms with Gasteiger partial charge in [0.2, 0.25) is 0 Å². The molecule has 4 nitrogen and oxygen atoms in total. The third-order valence-corrected chi connectivity index (χ3v) is 4.03. The van der Waals surface area contributed by atoms with E-state index in [0.717, 1.165) is 25.7 Å². The van der Waals surface area contributed by atoms with Crippen molar-refractivity contribution >= 4 is 17.5 Å². The Kier molecular flexibility index (Phi) is 5.16. The zero-order valence-electron chi connectivity index (χ0n) is 10.8. The molecular weight excluding hydrogens is 264 g/mol. The molecule has 0 aromatic carbocycles. The van der Waals surface area contributed by atoms with Gasteiger partial charge in [-0.1, -0.05) is 30.9 Å². The first kappa shape index (κ1) is 14.3. The molecule has 2 N–H and O–H groups in total. The molecule has 19 heavy (non-hydrogen) atoms. The summed E-state index contributed by atoms with van der Waals surface area (Å²) in [7, 11) is 0. The highest BCUT2D eigenvalue weighted by atomic mass is 35.5. The van der Waals surface area contributed by atoms with Gasteiger partial charge in [0.25, 0.3) is 5.91 Å². The van der Waals surface area contributed by atoms with Crippen molar-refractivity contribution in [2.24, 2.45) is 5.92 Å². The summed E-state index contributed by atoms with van der Waals surface area (Å²) in [5.74, 6) is -0.0372. The number of aromatic nitrogens is 1. The summed E-state index contributed by atoms with van der Waals surface area (Å²) in [5.41, 5.74) is 0.442. The molecule has 1 aliphatic carbocycles. The predicted molar refractivity (Wildman–Crippen MR) is 74.2 cm³/mol. The molecule has 0 saturated heterocycles. The van der Waals surface area contributed by atoms with Gasteiger partial charge in [-0.25, -0.2) is 0 Å². The van der Waals surface area contributed by atoms with Crippen LogP contribution in [-0.2, 0) is 0 Å². The van der Waals surface area contributed by atoms with Crippen molar-refractivity contribution in [3.63, 3.8) is 0 Å². The number of nitrogens with one attached hydrogen (secondary N) is 1. The van der Waals surface area contributed by atoms with E-state index in [4.69, 9.17) is 11.6 Å². The van der Waals surface area contributed by atoms with Crippen LogP contribution in [0.4, 0.5) is 0 Å². The molecule has 2 atom stereocenters. The van der Waals surface area contributed by atoms with Crippen molar-refractivity contribution in [2.75, 3.05) is 6.61 Å². The molecule has 1 aromatic rings. The van der Waals surface area contributed by atoms with E-state index in [2.05, 4.69) is 10.3 Å². The molecule has 1 aromatic heterocycles. The highest BCUT2D eigenvalue weighted by Crippen LogP contribution is 2.24. The van der Waals surface area contributed by atoms with E-state index in [1.54, 1.807) is 12.3 Å². The Morgan fingerprint density at radius 3 is 2.95 bits per heavy atom. The molecule has 0 bridgehead atoms. The molecule has 1 saturated carbocycles. The Hall–Kier alpha value is -1.13. The maximum atomic E-state index is 12.2. The molecule has 5 heteroatoms. The third-order valence-electron chi connectivity index (χ3n) is 3.73. The topological polar surface area (TPSA) is 62.2 Å². The van der Waals surface area contributed by atoms with E-state index >= 15 is 0 Å². The van der Waals surface area contributed by atoms with E-state index in [1.807, 2.05) is 0 Å². The van der Waals surface area contributed by atoms with Gasteiger partial charge in [-0.3, -0.25) is 9.78 Å². The molecule has 0 spiro atoms. The maximum Gasteiger partial charge on any atom is 0.253 e. The van der Waals surface area contributed by atoms with E-state index in [0.29, 0.717) is 10.6 Å². The second-order valence-corrected chi connectivity index (χ2v) is 5.42. The number of hydrogen-bond donors (Lipinski definition) is 2. The second kappa shape index (κ2) is 6.87. The first-order valence-corrected chi connectivity index (χ1v) is 7.11. The first-order valence-electron chi connectivity index (χ1n) is 6.73. The molecule has 0 aliphatic heterocycles. The highest BCUT2D eigenvalue weighted by Gasteiger charge is 2.25. The second-order valence-electron chi connectivity index (χ2n) is 5.02. The fourth-order valence-corrected chi connectivity index (χ4v) is 2.80. The lowest BCUT2D eigenvalue weighted by Crippen LogP contribution is -2.41. The summed E-state index contributed by atoms with van der Waals surface area (Å²) in [4.78, 5) is 16.1. The quantitative estimate of drug-likeness (QED) is 0.837. The number of aliphatic hydroxyl groups is 1. The monoisotopic (exact) mass is 282 g/mol. The lowest BCUT2D eigenvalue weighted by Gasteiger charge is -2.24. The summed E-state index contributed by atoms with van der Waals surface area (Å²) >= 11 is 5.97. The van der Waals surface area contributed by atoms with Crippen LogP contribution in [0.5, 0.6) is 0 Å². The summed E-state index contributed by atoms with van der Waals surface area (Å²) < 4.78 is 0. The van der Waals surface area contributed by atoms with Crippen LogP contribution in [0.2, 0.25) is 5.02 Å². The summed E-state index contributed by atoms with van der Waals surface area (Å²) in [5, 5.41) is 12.8. The number of carbonyl (C=O) groups is 1. The molecule has 1 aliphatic rings. The lowest BCUT2D eigenvalue weighted by molar-refractivity contribution is 0.0899. The summed E-state index contributed by atoms with van der Waals surface area (Å²) in [6.07, 6.45) is 8.27. The van der Waals surface area contributed by atoms with Crippen LogP contribution in [0.15, 0.2) is 18.5 Å². The first-order chi connectivity index (χ1) is 9.22. The Labute approximate surface area is 118 Å². The van der Waals surface area contributed by atoms with E-state index in [1.165, 1.54) is 12.6 Å². The largest absolute Gasteiger partial charge is 0.396 e. The number of aliphatic hydroxyl groups excluding tert-OH is 1. The van der Waals surface area contributed by atoms with Crippen LogP contribution in [0.1, 0.15) is 42.5 Å². The average molecular weight is 283 g/mol. The van der Waals surface area contributed by atoms with Crippen molar-refractivity contribution in [1.82, 2.24) is 10.3 Å². The van der Waals surface area contributed by atoms with E-state index in [9.17, 15) is 9.90 Å². The van der Waals surface area contributed by atoms with Crippen LogP contribution in [0.3, 0.4) is 0 Å². The lowest BCUT2D eigenvalue weighted by atomic mass is 9.95. The molecule has 0 unspecified atom stereocenters. The minimum atomic E-state index is -0.183. The molecule has 104 valence electrons. The van der Waals surface area contributed by atoms with Crippen molar-refractivity contribution in [3.05, 3.63) is 29.0 Å². The third kappa shape index (κ3) is 3.67. The SMILES string of the molecule is O=C(N[C@H]1CCCCC[C@@H]1CO)c1ccncc1Cl. The molecule has 1 amide bonds. The normalized spacial score (nSPS) is 23.7. The van der Waals surface area contributed by atoms with Gasteiger partial charge < -0.3 is 10.4 Å². The highest BCUT2D eigenvalue weighted by molar-refractivity contribution is 6.33. The standard InChI is InChI=1S/C14H19ClN2O2/c15-12-8-16-7-6-11(12)14(19)17-13-5-3-1-2-4-10(13)9-18/h6-8,10,13,18H,1-5,9H2,(H,17,19)/t10-,13+/m1/s1. The van der Waals surface area contributed by atoms with Crippen LogP contribution >= 0.6 is 11.6 Å². The van der Waals surface area contributed by atoms with E-state index in [-0.39, 0.29) is 24.5 Å². The summed E-state index contributed by atoms with van der Waals surface area (Å²) in [6.45, 7) is 0.120. The van der Waals surface area contributed by atoms with Gasteiger partial charge >= 0.3 is 0 Å². The molecule has 1 fully saturated rings. The van der Waals surface area contributed by atoms with Gasteiger partial charge in [-0.05, 0) is 18.9 Å². The van der Waals surface area contributed by atoms with Crippen LogP contribution in [-0.4, -0.2) is 28.6 Å². The smallest absolute Gasteiger partial charge is 0.253 e. The van der Waals surface area contributed by atoms with Crippen molar-refractivity contribution < 1.29 is 9.90 Å². The Morgan fingerprint density at radius 1 is 1.42 bits per heavy atom. The minimum Gasteiger partial charge on any atom is -0.396 e. The van der Waals surface area contributed by atoms with Crippen LogP contribution in [0.25, 0.3) is 0 Å². The van der Waals surface area contributed by atoms with Gasteiger partial charge in [0.1, 0.15) is 0 Å². The fourth-order valence-electron chi connectivity index (χ4n) is 2.60. The number of nitrogens with zero attached hydrogens (tertiary/aromatic N) is 1.